The van der Waals surface area contributed by atoms with Crippen molar-refractivity contribution < 1.29 is 17.9 Å². The summed E-state index contributed by atoms with van der Waals surface area (Å²) in [7, 11) is -1.88. The van der Waals surface area contributed by atoms with Gasteiger partial charge in [-0.15, -0.1) is 0 Å². The number of sulfonamides is 1. The predicted octanol–water partition coefficient (Wildman–Crippen LogP) is 6.11. The van der Waals surface area contributed by atoms with Crippen molar-refractivity contribution in [3.05, 3.63) is 72.3 Å². The number of anilines is 1. The van der Waals surface area contributed by atoms with Gasteiger partial charge in [0, 0.05) is 12.0 Å². The fourth-order valence-electron chi connectivity index (χ4n) is 5.21. The van der Waals surface area contributed by atoms with Crippen LogP contribution >= 0.6 is 0 Å². The van der Waals surface area contributed by atoms with Crippen molar-refractivity contribution >= 4 is 32.7 Å². The maximum Gasteiger partial charge on any atom is 0.305 e. The lowest BCUT2D eigenvalue weighted by molar-refractivity contribution is -0.142. The number of nitrogens with zero attached hydrogens (tertiary/aromatic N) is 1. The third-order valence-corrected chi connectivity index (χ3v) is 7.80. The third kappa shape index (κ3) is 6.02. The van der Waals surface area contributed by atoms with Gasteiger partial charge in [0.15, 0.2) is 0 Å². The van der Waals surface area contributed by atoms with Crippen LogP contribution in [-0.2, 0) is 19.6 Å². The van der Waals surface area contributed by atoms with Crippen LogP contribution in [0, 0.1) is 5.92 Å². The van der Waals surface area contributed by atoms with E-state index in [4.69, 9.17) is 4.74 Å². The number of nitrogens with one attached hydrogen (secondary N) is 2. The zero-order valence-electron chi connectivity index (χ0n) is 21.0. The summed E-state index contributed by atoms with van der Waals surface area (Å²) < 4.78 is 30.3. The van der Waals surface area contributed by atoms with Gasteiger partial charge in [-0.3, -0.25) is 9.52 Å². The smallest absolute Gasteiger partial charge is 0.305 e. The zero-order valence-corrected chi connectivity index (χ0v) is 21.8. The predicted molar refractivity (Wildman–Crippen MR) is 147 cm³/mol. The second kappa shape index (κ2) is 10.4. The monoisotopic (exact) mass is 517 g/mol. The Morgan fingerprint density at radius 3 is 2.19 bits per heavy atom. The van der Waals surface area contributed by atoms with Crippen LogP contribution in [0.2, 0.25) is 0 Å². The molecule has 0 spiro atoms. The number of esters is 1. The molecule has 0 unspecified atom stereocenters. The van der Waals surface area contributed by atoms with Crippen LogP contribution in [0.25, 0.3) is 33.5 Å². The van der Waals surface area contributed by atoms with E-state index in [0.29, 0.717) is 23.9 Å². The van der Waals surface area contributed by atoms with E-state index in [0.717, 1.165) is 65.5 Å². The second-order valence-electron chi connectivity index (χ2n) is 9.89. The molecule has 0 atom stereocenters. The molecule has 37 heavy (non-hydrogen) atoms. The minimum absolute atomic E-state index is 0.102. The molecule has 7 nitrogen and oxygen atoms in total. The molecule has 4 aromatic rings. The highest BCUT2D eigenvalue weighted by molar-refractivity contribution is 7.92. The summed E-state index contributed by atoms with van der Waals surface area (Å²) >= 11 is 0. The molecule has 1 aliphatic rings. The Bertz CT molecular complexity index is 1500. The van der Waals surface area contributed by atoms with Crippen molar-refractivity contribution in [2.24, 2.45) is 5.92 Å². The first kappa shape index (κ1) is 25.0. The Hall–Kier alpha value is -3.65. The van der Waals surface area contributed by atoms with Gasteiger partial charge < -0.3 is 9.72 Å². The van der Waals surface area contributed by atoms with Crippen molar-refractivity contribution in [2.75, 3.05) is 18.1 Å². The topological polar surface area (TPSA) is 101 Å². The maximum absolute atomic E-state index is 11.6. The molecule has 2 N–H and O–H groups in total. The van der Waals surface area contributed by atoms with Crippen LogP contribution in [0.4, 0.5) is 5.69 Å². The summed E-state index contributed by atoms with van der Waals surface area (Å²) in [4.78, 5) is 19.5. The van der Waals surface area contributed by atoms with E-state index < -0.39 is 10.0 Å². The van der Waals surface area contributed by atoms with Crippen LogP contribution in [0.5, 0.6) is 0 Å². The minimum Gasteiger partial charge on any atom is -0.469 e. The SMILES string of the molecule is COC(=O)CC1CCC(c2ccc(-c3ccc(-c4nc5ccc(NS(C)(=O)=O)cc5[nH]4)cc3)cc2)CC1. The maximum atomic E-state index is 11.6. The van der Waals surface area contributed by atoms with Crippen LogP contribution in [-0.4, -0.2) is 37.7 Å². The summed E-state index contributed by atoms with van der Waals surface area (Å²) in [5.74, 6) is 1.62. The normalized spacial score (nSPS) is 18.0. The van der Waals surface area contributed by atoms with Crippen molar-refractivity contribution in [1.29, 1.82) is 0 Å². The number of carbonyl (C=O) groups excluding carboxylic acids is 1. The number of rotatable bonds is 7. The highest BCUT2D eigenvalue weighted by Gasteiger charge is 2.24. The summed E-state index contributed by atoms with van der Waals surface area (Å²) in [6.07, 6.45) is 6.02. The number of aromatic amines is 1. The van der Waals surface area contributed by atoms with Gasteiger partial charge in [0.1, 0.15) is 5.82 Å². The second-order valence-corrected chi connectivity index (χ2v) is 11.6. The number of benzene rings is 3. The lowest BCUT2D eigenvalue weighted by Gasteiger charge is -2.28. The van der Waals surface area contributed by atoms with Crippen LogP contribution in [0.3, 0.4) is 0 Å². The van der Waals surface area contributed by atoms with Crippen molar-refractivity contribution in [1.82, 2.24) is 9.97 Å². The van der Waals surface area contributed by atoms with Gasteiger partial charge in [-0.2, -0.15) is 0 Å². The molecular formula is C29H31N3O4S. The Morgan fingerprint density at radius 1 is 0.946 bits per heavy atom. The van der Waals surface area contributed by atoms with Gasteiger partial charge in [-0.1, -0.05) is 48.5 Å². The average molecular weight is 518 g/mol. The van der Waals surface area contributed by atoms with Crippen molar-refractivity contribution in [3.63, 3.8) is 0 Å². The number of methoxy groups -OCH3 is 1. The van der Waals surface area contributed by atoms with Gasteiger partial charge in [-0.05, 0) is 72.4 Å². The Labute approximate surface area is 217 Å². The van der Waals surface area contributed by atoms with Gasteiger partial charge >= 0.3 is 5.97 Å². The molecule has 1 saturated carbocycles. The summed E-state index contributed by atoms with van der Waals surface area (Å²) in [6, 6.07) is 22.3. The average Bonchev–Trinajstić information content (AvgIpc) is 3.32. The largest absolute Gasteiger partial charge is 0.469 e. The summed E-state index contributed by atoms with van der Waals surface area (Å²) in [6.45, 7) is 0. The molecule has 0 saturated heterocycles. The summed E-state index contributed by atoms with van der Waals surface area (Å²) in [5, 5.41) is 0. The Morgan fingerprint density at radius 2 is 1.57 bits per heavy atom. The first-order chi connectivity index (χ1) is 17.8. The molecule has 1 fully saturated rings. The van der Waals surface area contributed by atoms with Gasteiger partial charge in [0.2, 0.25) is 10.0 Å². The molecule has 0 radical (unpaired) electrons. The number of hydrogen-bond acceptors (Lipinski definition) is 5. The zero-order chi connectivity index (χ0) is 26.0. The number of aromatic nitrogens is 2. The molecule has 0 bridgehead atoms. The van der Waals surface area contributed by atoms with Crippen LogP contribution in [0.15, 0.2) is 66.7 Å². The first-order valence-electron chi connectivity index (χ1n) is 12.5. The van der Waals surface area contributed by atoms with Gasteiger partial charge in [-0.25, -0.2) is 13.4 Å². The molecular weight excluding hydrogens is 486 g/mol. The molecule has 5 rings (SSSR count). The molecule has 0 amide bonds. The van der Waals surface area contributed by atoms with E-state index in [1.54, 1.807) is 18.2 Å². The van der Waals surface area contributed by atoms with E-state index in [1.807, 2.05) is 12.1 Å². The molecule has 0 aliphatic heterocycles. The molecule has 1 heterocycles. The molecule has 3 aromatic carbocycles. The fraction of sp³-hybridized carbons (Fsp3) is 0.310. The first-order valence-corrected chi connectivity index (χ1v) is 14.4. The number of ether oxygens (including phenoxy) is 1. The van der Waals surface area contributed by atoms with Crippen LogP contribution < -0.4 is 4.72 Å². The fourth-order valence-corrected chi connectivity index (χ4v) is 5.77. The van der Waals surface area contributed by atoms with Crippen molar-refractivity contribution in [3.8, 4) is 22.5 Å². The molecule has 1 aliphatic carbocycles. The quantitative estimate of drug-likeness (QED) is 0.288. The Balaban J connectivity index is 1.25. The highest BCUT2D eigenvalue weighted by Crippen LogP contribution is 2.38. The molecule has 1 aromatic heterocycles. The van der Waals surface area contributed by atoms with E-state index in [1.165, 1.54) is 12.7 Å². The molecule has 192 valence electrons. The number of carbonyl (C=O) groups is 1. The lowest BCUT2D eigenvalue weighted by atomic mass is 9.77. The number of hydrogen-bond donors (Lipinski definition) is 2. The third-order valence-electron chi connectivity index (χ3n) is 7.19. The van der Waals surface area contributed by atoms with Crippen molar-refractivity contribution in [2.45, 2.75) is 38.0 Å². The van der Waals surface area contributed by atoms with Gasteiger partial charge in [0.25, 0.3) is 0 Å². The van der Waals surface area contributed by atoms with E-state index in [2.05, 4.69) is 51.1 Å². The Kier molecular flexibility index (Phi) is 7.02. The summed E-state index contributed by atoms with van der Waals surface area (Å²) in [5.41, 5.74) is 6.65. The van der Waals surface area contributed by atoms with E-state index in [-0.39, 0.29) is 5.97 Å². The standard InChI is InChI=1S/C29H31N3O4S/c1-36-28(33)17-19-3-5-20(6-4-19)21-7-9-22(10-8-21)23-11-13-24(14-12-23)29-30-26-16-15-25(18-27(26)31-29)32-37(2,34)35/h7-16,18-20,32H,3-6,17H2,1-2H3,(H,30,31). The van der Waals surface area contributed by atoms with Gasteiger partial charge in [0.05, 0.1) is 30.1 Å². The lowest BCUT2D eigenvalue weighted by Crippen LogP contribution is -2.17. The minimum atomic E-state index is -3.34. The van der Waals surface area contributed by atoms with Crippen LogP contribution in [0.1, 0.15) is 43.6 Å². The van der Waals surface area contributed by atoms with E-state index in [9.17, 15) is 13.2 Å². The highest BCUT2D eigenvalue weighted by atomic mass is 32.2. The number of fused-ring (bicyclic) bond motifs is 1. The number of H-pyrrole nitrogens is 1. The van der Waals surface area contributed by atoms with E-state index >= 15 is 0 Å². The number of imidazole rings is 1. The molecule has 8 heteroatoms.